The molecule has 306 valence electrons. The van der Waals surface area contributed by atoms with E-state index in [-0.39, 0.29) is 0 Å². The molecule has 3 aliphatic rings. The van der Waals surface area contributed by atoms with E-state index in [1.165, 1.54) is 10.8 Å². The van der Waals surface area contributed by atoms with Crippen molar-refractivity contribution < 1.29 is 4.42 Å². The maximum atomic E-state index is 9.93. The fraction of sp³-hybridized carbons (Fsp3) is 0.118. The highest BCUT2D eigenvalue weighted by Gasteiger charge is 2.34. The second-order valence-corrected chi connectivity index (χ2v) is 24.5. The molecule has 0 bridgehead atoms. The van der Waals surface area contributed by atoms with E-state index < -0.39 is 26.3 Å². The molecule has 2 N–H and O–H groups in total. The van der Waals surface area contributed by atoms with Crippen molar-refractivity contribution in [1.29, 1.82) is 10.8 Å². The van der Waals surface area contributed by atoms with Crippen molar-refractivity contribution in [1.82, 2.24) is 4.98 Å². The second-order valence-electron chi connectivity index (χ2n) is 16.9. The zero-order valence-corrected chi connectivity index (χ0v) is 38.9. The zero-order valence-electron chi connectivity index (χ0n) is 35.9. The molecule has 2 aliphatic carbocycles. The summed E-state index contributed by atoms with van der Waals surface area (Å²) in [5, 5.41) is 25.8. The number of hydrogen-bond acceptors (Lipinski definition) is 9. The van der Waals surface area contributed by atoms with Crippen molar-refractivity contribution in [2.75, 3.05) is 4.90 Å². The number of fused-ring (bicyclic) bond motifs is 4. The Morgan fingerprint density at radius 3 is 2.03 bits per heavy atom. The molecule has 2 heterocycles. The lowest BCUT2D eigenvalue weighted by Crippen LogP contribution is -2.42. The van der Waals surface area contributed by atoms with Gasteiger partial charge in [0.05, 0.1) is 44.9 Å². The molecule has 0 spiro atoms. The van der Waals surface area contributed by atoms with Crippen LogP contribution in [0.2, 0.25) is 39.3 Å². The van der Waals surface area contributed by atoms with Gasteiger partial charge in [-0.2, -0.15) is 0 Å². The molecule has 2 radical (unpaired) electrons. The van der Waals surface area contributed by atoms with Crippen LogP contribution in [0.4, 0.5) is 5.69 Å². The van der Waals surface area contributed by atoms with Gasteiger partial charge in [0.2, 0.25) is 5.89 Å². The van der Waals surface area contributed by atoms with E-state index in [1.54, 1.807) is 0 Å². The number of nitrogens with zero attached hydrogens (tertiary/aromatic N) is 6. The Balaban J connectivity index is 1.14. The van der Waals surface area contributed by atoms with Gasteiger partial charge >= 0.3 is 0 Å². The summed E-state index contributed by atoms with van der Waals surface area (Å²) in [5.74, 6) is 0.575. The minimum atomic E-state index is -2.48. The Hall–Kier alpha value is -7.00. The van der Waals surface area contributed by atoms with Gasteiger partial charge in [0.1, 0.15) is 11.2 Å². The fourth-order valence-electron chi connectivity index (χ4n) is 8.45. The van der Waals surface area contributed by atoms with E-state index in [0.717, 1.165) is 66.1 Å². The standard InChI is InChI=1S/C51H44N8OSi3/c1-61(2)55-41-15-11-16-42(47(41)53)59(43-26-24-38(46(52)49(43)56-62(3)4)36-23-22-35-28-33-12-7-8-13-34(33)29-37(35)30-36)44-27-25-39(48-50(44)58-63(5,6)57-48)31-18-20-32(21-19-31)51-54-40-14-9-10-17-45(40)60-51/h7-30,52-53H,1-6H3/b52-46?,53-47?,55-41-,56-49-. The zero-order chi connectivity index (χ0) is 43.6. The second kappa shape index (κ2) is 15.7. The number of aromatic nitrogens is 1. The quantitative estimate of drug-likeness (QED) is 0.0897. The molecule has 1 aliphatic heterocycles. The molecule has 63 heavy (non-hydrogen) atoms. The van der Waals surface area contributed by atoms with Crippen molar-refractivity contribution in [3.63, 3.8) is 0 Å². The van der Waals surface area contributed by atoms with Crippen LogP contribution in [0.3, 0.4) is 0 Å². The topological polar surface area (TPSA) is 126 Å². The maximum absolute atomic E-state index is 9.93. The minimum Gasteiger partial charge on any atom is -0.436 e. The number of allylic oxidation sites excluding steroid dienone is 8. The molecule has 0 atom stereocenters. The first kappa shape index (κ1) is 40.1. The summed E-state index contributed by atoms with van der Waals surface area (Å²) in [6.07, 6.45) is 9.96. The van der Waals surface area contributed by atoms with Crippen LogP contribution in [0, 0.1) is 10.8 Å². The number of benzene rings is 6. The van der Waals surface area contributed by atoms with E-state index in [4.69, 9.17) is 28.0 Å². The lowest BCUT2D eigenvalue weighted by Gasteiger charge is -2.34. The highest BCUT2D eigenvalue weighted by Crippen LogP contribution is 2.35. The Bertz CT molecular complexity index is 3390. The fourth-order valence-corrected chi connectivity index (χ4v) is 11.4. The minimum absolute atomic E-state index is 0.310. The Morgan fingerprint density at radius 2 is 1.29 bits per heavy atom. The molecule has 0 amide bonds. The molecule has 9 nitrogen and oxygen atoms in total. The molecule has 0 saturated heterocycles. The number of nitrogens with one attached hydrogen (secondary N) is 2. The molecule has 7 aromatic rings. The van der Waals surface area contributed by atoms with Gasteiger partial charge < -0.3 is 18.6 Å². The molecule has 0 fully saturated rings. The Labute approximate surface area is 370 Å². The van der Waals surface area contributed by atoms with Gasteiger partial charge in [-0.1, -0.05) is 99.0 Å². The molecule has 0 unspecified atom stereocenters. The van der Waals surface area contributed by atoms with Crippen molar-refractivity contribution in [2.24, 2.45) is 18.6 Å². The van der Waals surface area contributed by atoms with Crippen LogP contribution < -0.4 is 15.6 Å². The van der Waals surface area contributed by atoms with Crippen LogP contribution in [0.25, 0.3) is 60.8 Å². The number of rotatable bonds is 8. The predicted molar refractivity (Wildman–Crippen MR) is 267 cm³/mol. The first-order valence-electron chi connectivity index (χ1n) is 21.0. The van der Waals surface area contributed by atoms with Crippen molar-refractivity contribution in [2.45, 2.75) is 39.3 Å². The number of anilines is 1. The predicted octanol–water partition coefficient (Wildman–Crippen LogP) is 11.1. The summed E-state index contributed by atoms with van der Waals surface area (Å²) in [6, 6.07) is 39.5. The van der Waals surface area contributed by atoms with Crippen molar-refractivity contribution in [3.8, 4) is 22.6 Å². The average Bonchev–Trinajstić information content (AvgIpc) is 3.85. The molecular formula is C51H44N8OSi3. The van der Waals surface area contributed by atoms with Crippen LogP contribution >= 0.6 is 0 Å². The summed E-state index contributed by atoms with van der Waals surface area (Å²) < 4.78 is 27.1. The molecular weight excluding hydrogens is 825 g/mol. The Morgan fingerprint density at radius 1 is 0.619 bits per heavy atom. The highest BCUT2D eigenvalue weighted by atomic mass is 28.3. The van der Waals surface area contributed by atoms with Gasteiger partial charge in [0, 0.05) is 16.7 Å². The largest absolute Gasteiger partial charge is 0.436 e. The SMILES string of the molecule is C[Si](C)/N=C1/C=CC=C(N(C2=CC=C(c3ccc4cc5ccccc5cc4c3)C(=N)/C2=N\[Si](C)C)c2ccc(-c3ccc(-c4nc5ccccc5o4)cc3)c3c2=N[Si](C)(C)N=3)C1=N. The average molecular weight is 869 g/mol. The first-order valence-corrected chi connectivity index (χ1v) is 28.8. The molecule has 1 aromatic heterocycles. The highest BCUT2D eigenvalue weighted by molar-refractivity contribution is 6.74. The third-order valence-electron chi connectivity index (χ3n) is 11.2. The van der Waals surface area contributed by atoms with Crippen LogP contribution in [-0.4, -0.2) is 54.1 Å². The normalized spacial score (nSPS) is 17.1. The maximum Gasteiger partial charge on any atom is 0.298 e. The molecule has 0 saturated carbocycles. The number of hydrogen-bond donors (Lipinski definition) is 2. The molecule has 10 rings (SSSR count). The lowest BCUT2D eigenvalue weighted by molar-refractivity contribution is 0.620. The monoisotopic (exact) mass is 868 g/mol. The van der Waals surface area contributed by atoms with Gasteiger partial charge in [-0.05, 0) is 119 Å². The summed E-state index contributed by atoms with van der Waals surface area (Å²) in [4.78, 5) is 6.80. The van der Waals surface area contributed by atoms with E-state index >= 15 is 0 Å². The van der Waals surface area contributed by atoms with E-state index in [2.05, 4.69) is 129 Å². The van der Waals surface area contributed by atoms with Gasteiger partial charge in [-0.25, -0.2) is 4.98 Å². The van der Waals surface area contributed by atoms with E-state index in [9.17, 15) is 10.8 Å². The van der Waals surface area contributed by atoms with Crippen LogP contribution in [-0.2, 0) is 0 Å². The molecule has 12 heteroatoms. The number of oxazole rings is 1. The smallest absolute Gasteiger partial charge is 0.298 e. The summed E-state index contributed by atoms with van der Waals surface area (Å²) in [5.41, 5.74) is 10.2. The van der Waals surface area contributed by atoms with Gasteiger partial charge in [0.15, 0.2) is 23.5 Å². The van der Waals surface area contributed by atoms with Gasteiger partial charge in [0.25, 0.3) is 8.40 Å². The van der Waals surface area contributed by atoms with Crippen molar-refractivity contribution >= 4 is 93.1 Å². The summed E-state index contributed by atoms with van der Waals surface area (Å²) in [7, 11) is -4.79. The summed E-state index contributed by atoms with van der Waals surface area (Å²) >= 11 is 0. The van der Waals surface area contributed by atoms with Gasteiger partial charge in [-0.3, -0.25) is 20.1 Å². The molecule has 6 aromatic carbocycles. The first-order chi connectivity index (χ1) is 30.4. The Kier molecular flexibility index (Phi) is 10.0. The van der Waals surface area contributed by atoms with Crippen molar-refractivity contribution in [3.05, 3.63) is 173 Å². The third-order valence-corrected chi connectivity index (χ3v) is 14.1. The lowest BCUT2D eigenvalue weighted by atomic mass is 9.89. The van der Waals surface area contributed by atoms with Crippen LogP contribution in [0.15, 0.2) is 180 Å². The third kappa shape index (κ3) is 7.45. The summed E-state index contributed by atoms with van der Waals surface area (Å²) in [6.45, 7) is 12.8. The van der Waals surface area contributed by atoms with Gasteiger partial charge in [-0.15, -0.1) is 0 Å². The van der Waals surface area contributed by atoms with Crippen LogP contribution in [0.1, 0.15) is 5.56 Å². The van der Waals surface area contributed by atoms with E-state index in [1.807, 2.05) is 60.7 Å². The van der Waals surface area contributed by atoms with Crippen LogP contribution in [0.5, 0.6) is 0 Å². The van der Waals surface area contributed by atoms with E-state index in [0.29, 0.717) is 40.1 Å². The number of para-hydroxylation sites is 2.